The molecule has 1 aliphatic rings. The Morgan fingerprint density at radius 3 is 2.86 bits per heavy atom. The Bertz CT molecular complexity index is 515. The highest BCUT2D eigenvalue weighted by atomic mass is 16.5. The third-order valence-electron chi connectivity index (χ3n) is 3.68. The van der Waals surface area contributed by atoms with Gasteiger partial charge in [-0.25, -0.2) is 0 Å². The molecule has 0 spiro atoms. The molecule has 0 aromatic heterocycles. The number of amides is 1. The van der Waals surface area contributed by atoms with Crippen molar-refractivity contribution in [1.82, 2.24) is 0 Å². The van der Waals surface area contributed by atoms with Crippen LogP contribution in [0, 0.1) is 0 Å². The van der Waals surface area contributed by atoms with Crippen molar-refractivity contribution < 1.29 is 19.4 Å². The van der Waals surface area contributed by atoms with E-state index in [-0.39, 0.29) is 24.5 Å². The first-order valence-electron chi connectivity index (χ1n) is 7.35. The number of hydrogen-bond donors (Lipinski definition) is 2. The van der Waals surface area contributed by atoms with Gasteiger partial charge < -0.3 is 15.2 Å². The summed E-state index contributed by atoms with van der Waals surface area (Å²) in [4.78, 5) is 22.7. The first kappa shape index (κ1) is 15.5. The summed E-state index contributed by atoms with van der Waals surface area (Å²) in [6, 6.07) is 7.29. The number of ether oxygens (including phenoxy) is 1. The minimum atomic E-state index is -0.825. The second-order valence-corrected chi connectivity index (χ2v) is 5.32. The summed E-state index contributed by atoms with van der Waals surface area (Å²) in [5.74, 6) is -0.948. The monoisotopic (exact) mass is 291 g/mol. The zero-order chi connectivity index (χ0) is 15.2. The molecular formula is C16H21NO4. The lowest BCUT2D eigenvalue weighted by Crippen LogP contribution is -2.28. The van der Waals surface area contributed by atoms with Gasteiger partial charge in [-0.1, -0.05) is 19.1 Å². The smallest absolute Gasteiger partial charge is 0.303 e. The van der Waals surface area contributed by atoms with Crippen LogP contribution >= 0.6 is 0 Å². The minimum absolute atomic E-state index is 0.0846. The largest absolute Gasteiger partial charge is 0.481 e. The van der Waals surface area contributed by atoms with Gasteiger partial charge in [0.25, 0.3) is 5.91 Å². The van der Waals surface area contributed by atoms with E-state index in [1.54, 1.807) is 6.07 Å². The normalized spacial score (nSPS) is 21.2. The Morgan fingerprint density at radius 1 is 1.38 bits per heavy atom. The first-order valence-corrected chi connectivity index (χ1v) is 7.35. The van der Waals surface area contributed by atoms with E-state index in [4.69, 9.17) is 9.84 Å². The lowest BCUT2D eigenvalue weighted by Gasteiger charge is -2.13. The van der Waals surface area contributed by atoms with Crippen LogP contribution in [-0.4, -0.2) is 29.2 Å². The van der Waals surface area contributed by atoms with Crippen LogP contribution in [-0.2, 0) is 20.7 Å². The highest BCUT2D eigenvalue weighted by molar-refractivity contribution is 5.94. The number of rotatable bonds is 6. The van der Waals surface area contributed by atoms with Crippen molar-refractivity contribution in [2.75, 3.05) is 5.32 Å². The zero-order valence-electron chi connectivity index (χ0n) is 12.2. The topological polar surface area (TPSA) is 75.6 Å². The van der Waals surface area contributed by atoms with E-state index in [0.29, 0.717) is 12.1 Å². The van der Waals surface area contributed by atoms with Gasteiger partial charge in [-0.2, -0.15) is 0 Å². The van der Waals surface area contributed by atoms with Crippen molar-refractivity contribution in [1.29, 1.82) is 0 Å². The standard InChI is InChI=1S/C16H21NO4/c1-2-13-7-8-14(21-13)16(20)17-12-5-3-4-11(10-12)6-9-15(18)19/h3-5,10,13-14H,2,6-9H2,1H3,(H,17,20)(H,18,19). The molecule has 1 aromatic rings. The summed E-state index contributed by atoms with van der Waals surface area (Å²) in [5, 5.41) is 11.5. The number of benzene rings is 1. The SMILES string of the molecule is CCC1CCC(C(=O)Nc2cccc(CCC(=O)O)c2)O1. The number of carboxylic acid groups (broad SMARTS) is 1. The quantitative estimate of drug-likeness (QED) is 0.844. The molecule has 2 atom stereocenters. The molecule has 114 valence electrons. The lowest BCUT2D eigenvalue weighted by atomic mass is 10.1. The maximum Gasteiger partial charge on any atom is 0.303 e. The molecule has 0 bridgehead atoms. The number of carboxylic acids is 1. The molecule has 1 aromatic carbocycles. The molecule has 2 unspecified atom stereocenters. The Hall–Kier alpha value is -1.88. The van der Waals surface area contributed by atoms with Crippen LogP contribution in [0.25, 0.3) is 0 Å². The number of carbonyl (C=O) groups is 2. The molecule has 0 radical (unpaired) electrons. The Morgan fingerprint density at radius 2 is 2.19 bits per heavy atom. The molecule has 0 saturated carbocycles. The van der Waals surface area contributed by atoms with Crippen LogP contribution < -0.4 is 5.32 Å². The van der Waals surface area contributed by atoms with E-state index < -0.39 is 5.97 Å². The second kappa shape index (κ2) is 7.22. The van der Waals surface area contributed by atoms with Crippen molar-refractivity contribution in [2.24, 2.45) is 0 Å². The average molecular weight is 291 g/mol. The van der Waals surface area contributed by atoms with Gasteiger partial charge in [0.15, 0.2) is 0 Å². The van der Waals surface area contributed by atoms with E-state index in [0.717, 1.165) is 24.8 Å². The number of anilines is 1. The van der Waals surface area contributed by atoms with Gasteiger partial charge in [0.2, 0.25) is 0 Å². The number of aryl methyl sites for hydroxylation is 1. The fourth-order valence-corrected chi connectivity index (χ4v) is 2.48. The van der Waals surface area contributed by atoms with Gasteiger partial charge in [-0.3, -0.25) is 9.59 Å². The van der Waals surface area contributed by atoms with E-state index in [2.05, 4.69) is 12.2 Å². The lowest BCUT2D eigenvalue weighted by molar-refractivity contribution is -0.137. The molecule has 1 saturated heterocycles. The zero-order valence-corrected chi connectivity index (χ0v) is 12.2. The Labute approximate surface area is 124 Å². The van der Waals surface area contributed by atoms with Crippen molar-refractivity contribution in [3.63, 3.8) is 0 Å². The van der Waals surface area contributed by atoms with Crippen molar-refractivity contribution in [3.8, 4) is 0 Å². The van der Waals surface area contributed by atoms with Crippen LogP contribution in [0.1, 0.15) is 38.2 Å². The molecule has 1 amide bonds. The third-order valence-corrected chi connectivity index (χ3v) is 3.68. The molecule has 5 nitrogen and oxygen atoms in total. The Kier molecular flexibility index (Phi) is 5.33. The molecule has 2 N–H and O–H groups in total. The van der Waals surface area contributed by atoms with Gasteiger partial charge >= 0.3 is 5.97 Å². The summed E-state index contributed by atoms with van der Waals surface area (Å²) in [6.45, 7) is 2.05. The highest BCUT2D eigenvalue weighted by Crippen LogP contribution is 2.23. The van der Waals surface area contributed by atoms with Crippen molar-refractivity contribution in [3.05, 3.63) is 29.8 Å². The van der Waals surface area contributed by atoms with Gasteiger partial charge in [-0.15, -0.1) is 0 Å². The van der Waals surface area contributed by atoms with Gasteiger partial charge in [-0.05, 0) is 43.4 Å². The van der Waals surface area contributed by atoms with Gasteiger partial charge in [0, 0.05) is 12.1 Å². The first-order chi connectivity index (χ1) is 10.1. The molecule has 0 aliphatic carbocycles. The maximum atomic E-state index is 12.1. The van der Waals surface area contributed by atoms with E-state index in [9.17, 15) is 9.59 Å². The Balaban J connectivity index is 1.91. The van der Waals surface area contributed by atoms with E-state index in [1.807, 2.05) is 18.2 Å². The van der Waals surface area contributed by atoms with Crippen LogP contribution in [0.3, 0.4) is 0 Å². The summed E-state index contributed by atoms with van der Waals surface area (Å²) < 4.78 is 5.66. The number of carbonyl (C=O) groups excluding carboxylic acids is 1. The predicted molar refractivity (Wildman–Crippen MR) is 79.2 cm³/mol. The molecule has 5 heteroatoms. The molecular weight excluding hydrogens is 270 g/mol. The summed E-state index contributed by atoms with van der Waals surface area (Å²) in [5.41, 5.74) is 1.58. The fraction of sp³-hybridized carbons (Fsp3) is 0.500. The summed E-state index contributed by atoms with van der Waals surface area (Å²) >= 11 is 0. The maximum absolute atomic E-state index is 12.1. The molecule has 1 heterocycles. The summed E-state index contributed by atoms with van der Waals surface area (Å²) in [7, 11) is 0. The molecule has 1 fully saturated rings. The van der Waals surface area contributed by atoms with Crippen molar-refractivity contribution >= 4 is 17.6 Å². The van der Waals surface area contributed by atoms with E-state index in [1.165, 1.54) is 0 Å². The van der Waals surface area contributed by atoms with Crippen LogP contribution in [0.15, 0.2) is 24.3 Å². The summed E-state index contributed by atoms with van der Waals surface area (Å²) in [6.07, 6.45) is 2.95. The third kappa shape index (κ3) is 4.56. The second-order valence-electron chi connectivity index (χ2n) is 5.32. The van der Waals surface area contributed by atoms with Gasteiger partial charge in [0.1, 0.15) is 6.10 Å². The molecule has 21 heavy (non-hydrogen) atoms. The number of aliphatic carboxylic acids is 1. The van der Waals surface area contributed by atoms with Crippen LogP contribution in [0.5, 0.6) is 0 Å². The fourth-order valence-electron chi connectivity index (χ4n) is 2.48. The van der Waals surface area contributed by atoms with E-state index >= 15 is 0 Å². The minimum Gasteiger partial charge on any atom is -0.481 e. The molecule has 2 rings (SSSR count). The molecule has 1 aliphatic heterocycles. The highest BCUT2D eigenvalue weighted by Gasteiger charge is 2.29. The van der Waals surface area contributed by atoms with Crippen molar-refractivity contribution in [2.45, 2.75) is 51.2 Å². The van der Waals surface area contributed by atoms with Crippen LogP contribution in [0.2, 0.25) is 0 Å². The van der Waals surface area contributed by atoms with Gasteiger partial charge in [0.05, 0.1) is 6.10 Å². The van der Waals surface area contributed by atoms with Crippen LogP contribution in [0.4, 0.5) is 5.69 Å². The average Bonchev–Trinajstić information content (AvgIpc) is 2.94. The predicted octanol–water partition coefficient (Wildman–Crippen LogP) is 2.60. The number of nitrogens with one attached hydrogen (secondary N) is 1. The number of hydrogen-bond acceptors (Lipinski definition) is 3.